The van der Waals surface area contributed by atoms with E-state index in [0.29, 0.717) is 23.4 Å². The van der Waals surface area contributed by atoms with E-state index in [4.69, 9.17) is 4.98 Å². The molecule has 0 saturated carbocycles. The van der Waals surface area contributed by atoms with E-state index in [1.807, 2.05) is 19.1 Å². The van der Waals surface area contributed by atoms with E-state index in [2.05, 4.69) is 59.2 Å². The Morgan fingerprint density at radius 2 is 1.88 bits per heavy atom. The molecule has 0 bridgehead atoms. The molecule has 0 radical (unpaired) electrons. The first-order valence-electron chi connectivity index (χ1n) is 8.20. The fourth-order valence-electron chi connectivity index (χ4n) is 2.99. The van der Waals surface area contributed by atoms with Gasteiger partial charge in [-0.15, -0.1) is 0 Å². The number of halogens is 1. The van der Waals surface area contributed by atoms with Crippen LogP contribution in [0.15, 0.2) is 24.3 Å². The minimum atomic E-state index is -0.0534. The average Bonchev–Trinajstić information content (AvgIpc) is 2.88. The minimum Gasteiger partial charge on any atom is -0.311 e. The van der Waals surface area contributed by atoms with Gasteiger partial charge < -0.3 is 5.32 Å². The van der Waals surface area contributed by atoms with Gasteiger partial charge in [-0.05, 0) is 51.0 Å². The molecule has 0 unspecified atom stereocenters. The molecule has 0 saturated heterocycles. The quantitative estimate of drug-likeness (QED) is 0.661. The first-order valence-corrected chi connectivity index (χ1v) is 9.32. The van der Waals surface area contributed by atoms with Crippen LogP contribution in [0.4, 0.5) is 5.82 Å². The van der Waals surface area contributed by atoms with Crippen molar-refractivity contribution >= 4 is 38.6 Å². The Morgan fingerprint density at radius 3 is 2.60 bits per heavy atom. The van der Waals surface area contributed by atoms with Gasteiger partial charge in [0.15, 0.2) is 5.82 Å². The molecule has 0 aliphatic heterocycles. The molecule has 2 aromatic heterocycles. The van der Waals surface area contributed by atoms with Crippen molar-refractivity contribution in [3.63, 3.8) is 0 Å². The molecule has 1 amide bonds. The molecule has 5 nitrogen and oxygen atoms in total. The predicted octanol–water partition coefficient (Wildman–Crippen LogP) is 4.38. The van der Waals surface area contributed by atoms with Crippen molar-refractivity contribution in [1.29, 1.82) is 0 Å². The van der Waals surface area contributed by atoms with Crippen LogP contribution in [0.25, 0.3) is 16.7 Å². The second-order valence-electron chi connectivity index (χ2n) is 6.35. The number of pyridine rings is 1. The van der Waals surface area contributed by atoms with E-state index >= 15 is 0 Å². The van der Waals surface area contributed by atoms with Gasteiger partial charge in [0.2, 0.25) is 5.91 Å². The highest BCUT2D eigenvalue weighted by atomic mass is 79.9. The smallest absolute Gasteiger partial charge is 0.226 e. The summed E-state index contributed by atoms with van der Waals surface area (Å²) in [4.78, 5) is 16.8. The Labute approximate surface area is 155 Å². The van der Waals surface area contributed by atoms with Crippen molar-refractivity contribution in [2.75, 3.05) is 10.6 Å². The normalized spacial score (nSPS) is 11.1. The molecule has 2 heterocycles. The highest BCUT2D eigenvalue weighted by Crippen LogP contribution is 2.25. The molecule has 0 aliphatic rings. The lowest BCUT2D eigenvalue weighted by atomic mass is 10.0. The van der Waals surface area contributed by atoms with E-state index < -0.39 is 0 Å². The number of aromatic nitrogens is 3. The van der Waals surface area contributed by atoms with Crippen molar-refractivity contribution < 1.29 is 4.79 Å². The van der Waals surface area contributed by atoms with Gasteiger partial charge in [0.1, 0.15) is 5.82 Å². The number of nitrogens with one attached hydrogen (secondary N) is 1. The van der Waals surface area contributed by atoms with Crippen molar-refractivity contribution in [1.82, 2.24) is 14.8 Å². The summed E-state index contributed by atoms with van der Waals surface area (Å²) in [6, 6.07) is 8.15. The summed E-state index contributed by atoms with van der Waals surface area (Å²) in [6.45, 7) is 8.14. The zero-order valence-corrected chi connectivity index (χ0v) is 16.4. The maximum atomic E-state index is 12.0. The van der Waals surface area contributed by atoms with Crippen LogP contribution in [-0.4, -0.2) is 26.0 Å². The molecule has 130 valence electrons. The molecule has 1 aromatic carbocycles. The monoisotopic (exact) mass is 400 g/mol. The summed E-state index contributed by atoms with van der Waals surface area (Å²) in [5.41, 5.74) is 5.28. The third-order valence-electron chi connectivity index (χ3n) is 4.08. The van der Waals surface area contributed by atoms with Crippen LogP contribution >= 0.6 is 15.9 Å². The average molecular weight is 401 g/mol. The summed E-state index contributed by atoms with van der Waals surface area (Å²) < 4.78 is 1.70. The molecule has 0 aliphatic carbocycles. The minimum absolute atomic E-state index is 0.0534. The molecular weight excluding hydrogens is 380 g/mol. The van der Waals surface area contributed by atoms with E-state index in [1.165, 1.54) is 5.56 Å². The number of aryl methyl sites for hydroxylation is 4. The van der Waals surface area contributed by atoms with Gasteiger partial charge in [-0.25, -0.2) is 4.98 Å². The lowest BCUT2D eigenvalue weighted by Gasteiger charge is -2.12. The van der Waals surface area contributed by atoms with Crippen molar-refractivity contribution in [3.05, 3.63) is 46.6 Å². The number of hydrogen-bond acceptors (Lipinski definition) is 3. The fraction of sp³-hybridized carbons (Fsp3) is 0.316. The summed E-state index contributed by atoms with van der Waals surface area (Å²) in [7, 11) is 0. The molecule has 25 heavy (non-hydrogen) atoms. The SMILES string of the molecule is Cc1cc(C)c2nc(-n3nc(C)cc3NC(=O)CCBr)cc(C)c2c1. The molecular formula is C19H21BrN4O. The summed E-state index contributed by atoms with van der Waals surface area (Å²) in [5.74, 6) is 1.29. The highest BCUT2D eigenvalue weighted by Gasteiger charge is 2.14. The third kappa shape index (κ3) is 3.58. The molecule has 6 heteroatoms. The highest BCUT2D eigenvalue weighted by molar-refractivity contribution is 9.09. The Kier molecular flexibility index (Phi) is 4.90. The number of hydrogen-bond donors (Lipinski definition) is 1. The van der Waals surface area contributed by atoms with Gasteiger partial charge in [-0.1, -0.05) is 27.6 Å². The summed E-state index contributed by atoms with van der Waals surface area (Å²) >= 11 is 3.29. The van der Waals surface area contributed by atoms with E-state index in [1.54, 1.807) is 4.68 Å². The Morgan fingerprint density at radius 1 is 1.12 bits per heavy atom. The Bertz CT molecular complexity index is 962. The first-order chi connectivity index (χ1) is 11.9. The number of carbonyl (C=O) groups is 1. The van der Waals surface area contributed by atoms with Gasteiger partial charge in [0.25, 0.3) is 0 Å². The zero-order chi connectivity index (χ0) is 18.1. The van der Waals surface area contributed by atoms with Gasteiger partial charge >= 0.3 is 0 Å². The number of nitrogens with zero attached hydrogens (tertiary/aromatic N) is 3. The number of alkyl halides is 1. The molecule has 0 spiro atoms. The lowest BCUT2D eigenvalue weighted by Crippen LogP contribution is -2.15. The van der Waals surface area contributed by atoms with Crippen LogP contribution in [0.3, 0.4) is 0 Å². The second kappa shape index (κ2) is 6.96. The van der Waals surface area contributed by atoms with Crippen molar-refractivity contribution in [2.24, 2.45) is 0 Å². The van der Waals surface area contributed by atoms with Crippen LogP contribution in [0.5, 0.6) is 0 Å². The van der Waals surface area contributed by atoms with Crippen molar-refractivity contribution in [2.45, 2.75) is 34.1 Å². The largest absolute Gasteiger partial charge is 0.311 e. The molecule has 0 atom stereocenters. The fourth-order valence-corrected chi connectivity index (χ4v) is 3.35. The maximum Gasteiger partial charge on any atom is 0.226 e. The van der Waals surface area contributed by atoms with Gasteiger partial charge in [0, 0.05) is 23.2 Å². The zero-order valence-electron chi connectivity index (χ0n) is 14.9. The standard InChI is InChI=1S/C19H21BrN4O/c1-11-7-13(3)19-15(8-11)12(2)9-16(22-19)24-17(10-14(4)23-24)21-18(25)5-6-20/h7-10H,5-6H2,1-4H3,(H,21,25). The number of fused-ring (bicyclic) bond motifs is 1. The predicted molar refractivity (Wildman–Crippen MR) is 105 cm³/mol. The molecule has 3 aromatic rings. The number of amides is 1. The van der Waals surface area contributed by atoms with E-state index in [-0.39, 0.29) is 5.91 Å². The third-order valence-corrected chi connectivity index (χ3v) is 4.48. The first kappa shape index (κ1) is 17.6. The van der Waals surface area contributed by atoms with E-state index in [0.717, 1.165) is 27.7 Å². The van der Waals surface area contributed by atoms with Gasteiger partial charge in [-0.2, -0.15) is 9.78 Å². The number of carbonyl (C=O) groups excluding carboxylic acids is 1. The van der Waals surface area contributed by atoms with Gasteiger partial charge in [0.05, 0.1) is 11.2 Å². The molecule has 3 rings (SSSR count). The Hall–Kier alpha value is -2.21. The molecule has 1 N–H and O–H groups in total. The second-order valence-corrected chi connectivity index (χ2v) is 7.14. The van der Waals surface area contributed by atoms with Crippen LogP contribution in [0, 0.1) is 27.7 Å². The van der Waals surface area contributed by atoms with Crippen LogP contribution in [0.1, 0.15) is 28.8 Å². The van der Waals surface area contributed by atoms with E-state index in [9.17, 15) is 4.79 Å². The summed E-state index contributed by atoms with van der Waals surface area (Å²) in [5, 5.41) is 9.20. The molecule has 0 fully saturated rings. The number of benzene rings is 1. The lowest BCUT2D eigenvalue weighted by molar-refractivity contribution is -0.115. The van der Waals surface area contributed by atoms with Crippen LogP contribution < -0.4 is 5.32 Å². The summed E-state index contributed by atoms with van der Waals surface area (Å²) in [6.07, 6.45) is 0.410. The Balaban J connectivity index is 2.12. The topological polar surface area (TPSA) is 59.8 Å². The van der Waals surface area contributed by atoms with Crippen LogP contribution in [-0.2, 0) is 4.79 Å². The van der Waals surface area contributed by atoms with Crippen molar-refractivity contribution in [3.8, 4) is 5.82 Å². The number of rotatable bonds is 4. The van der Waals surface area contributed by atoms with Crippen LogP contribution in [0.2, 0.25) is 0 Å². The number of anilines is 1. The van der Waals surface area contributed by atoms with Gasteiger partial charge in [-0.3, -0.25) is 4.79 Å². The maximum absolute atomic E-state index is 12.0.